The predicted octanol–water partition coefficient (Wildman–Crippen LogP) is 3.13. The second-order valence-corrected chi connectivity index (χ2v) is 6.02. The van der Waals surface area contributed by atoms with Crippen molar-refractivity contribution in [3.05, 3.63) is 32.0 Å². The number of thiophene rings is 1. The number of carbonyl (C=O) groups is 1. The van der Waals surface area contributed by atoms with Gasteiger partial charge < -0.3 is 10.6 Å². The Morgan fingerprint density at radius 1 is 1.50 bits per heavy atom. The minimum absolute atomic E-state index is 0. The first-order valence-electron chi connectivity index (χ1n) is 5.28. The molecule has 7 heteroatoms. The molecule has 0 atom stereocenters. The van der Waals surface area contributed by atoms with E-state index in [1.54, 1.807) is 6.07 Å². The molecule has 3 nitrogen and oxygen atoms in total. The molecule has 1 aliphatic rings. The van der Waals surface area contributed by atoms with Gasteiger partial charge in [0.1, 0.15) is 4.34 Å². The number of carbonyl (C=O) groups excluding carboxylic acids is 1. The van der Waals surface area contributed by atoms with E-state index in [9.17, 15) is 4.79 Å². The molecule has 0 radical (unpaired) electrons. The Kier molecular flexibility index (Phi) is 6.46. The normalized spacial score (nSPS) is 14.7. The van der Waals surface area contributed by atoms with Crippen molar-refractivity contribution in [2.24, 2.45) is 0 Å². The van der Waals surface area contributed by atoms with E-state index in [1.807, 2.05) is 0 Å². The van der Waals surface area contributed by atoms with Gasteiger partial charge >= 0.3 is 0 Å². The van der Waals surface area contributed by atoms with E-state index in [0.717, 1.165) is 19.5 Å². The maximum atomic E-state index is 11.8. The number of halogens is 3. The molecular formula is C11H13Cl3N2OS. The van der Waals surface area contributed by atoms with Gasteiger partial charge in [-0.3, -0.25) is 4.79 Å². The highest BCUT2D eigenvalue weighted by atomic mass is 35.5. The summed E-state index contributed by atoms with van der Waals surface area (Å²) in [5, 5.41) is 6.07. The van der Waals surface area contributed by atoms with Crippen LogP contribution in [0.3, 0.4) is 0 Å². The molecule has 0 saturated heterocycles. The third-order valence-corrected chi connectivity index (χ3v) is 4.02. The molecule has 0 aliphatic carbocycles. The fourth-order valence-corrected chi connectivity index (χ4v) is 3.07. The first-order valence-corrected chi connectivity index (χ1v) is 6.85. The van der Waals surface area contributed by atoms with E-state index in [1.165, 1.54) is 16.9 Å². The van der Waals surface area contributed by atoms with Crippen LogP contribution in [0, 0.1) is 0 Å². The Bertz CT molecular complexity index is 459. The molecule has 100 valence electrons. The second-order valence-electron chi connectivity index (χ2n) is 3.74. The zero-order valence-electron chi connectivity index (χ0n) is 9.46. The Hall–Kier alpha value is -0.260. The van der Waals surface area contributed by atoms with Crippen LogP contribution in [-0.2, 0) is 0 Å². The second kappa shape index (κ2) is 7.36. The lowest BCUT2D eigenvalue weighted by atomic mass is 10.1. The van der Waals surface area contributed by atoms with E-state index < -0.39 is 0 Å². The monoisotopic (exact) mass is 326 g/mol. The van der Waals surface area contributed by atoms with Gasteiger partial charge in [-0.25, -0.2) is 0 Å². The first kappa shape index (κ1) is 15.8. The van der Waals surface area contributed by atoms with E-state index >= 15 is 0 Å². The minimum Gasteiger partial charge on any atom is -0.348 e. The van der Waals surface area contributed by atoms with Gasteiger partial charge in [0.2, 0.25) is 0 Å². The van der Waals surface area contributed by atoms with Crippen molar-refractivity contribution in [3.8, 4) is 0 Å². The highest BCUT2D eigenvalue weighted by Gasteiger charge is 2.14. The van der Waals surface area contributed by atoms with Gasteiger partial charge in [0.25, 0.3) is 5.91 Å². The van der Waals surface area contributed by atoms with Crippen molar-refractivity contribution in [1.29, 1.82) is 0 Å². The van der Waals surface area contributed by atoms with Crippen LogP contribution in [0.4, 0.5) is 0 Å². The quantitative estimate of drug-likeness (QED) is 0.838. The Morgan fingerprint density at radius 3 is 2.83 bits per heavy atom. The highest BCUT2D eigenvalue weighted by Crippen LogP contribution is 2.30. The van der Waals surface area contributed by atoms with Crippen molar-refractivity contribution >= 4 is 52.9 Å². The smallest absolute Gasteiger partial charge is 0.253 e. The van der Waals surface area contributed by atoms with E-state index in [-0.39, 0.29) is 18.3 Å². The molecule has 0 saturated carbocycles. The fraction of sp³-hybridized carbons (Fsp3) is 0.364. The lowest BCUT2D eigenvalue weighted by Crippen LogP contribution is -2.29. The molecule has 0 fully saturated rings. The van der Waals surface area contributed by atoms with Crippen molar-refractivity contribution in [1.82, 2.24) is 10.6 Å². The van der Waals surface area contributed by atoms with Crippen LogP contribution in [0.1, 0.15) is 16.8 Å². The number of hydrogen-bond donors (Lipinski definition) is 2. The molecule has 2 N–H and O–H groups in total. The molecule has 2 rings (SSSR count). The molecule has 1 aliphatic heterocycles. The summed E-state index contributed by atoms with van der Waals surface area (Å²) < 4.78 is 0.966. The summed E-state index contributed by atoms with van der Waals surface area (Å²) in [4.78, 5) is 11.8. The SMILES string of the molecule is Cl.O=C(NCC1=CCNCC1)c1cc(Cl)sc1Cl. The van der Waals surface area contributed by atoms with Gasteiger partial charge in [-0.2, -0.15) is 0 Å². The van der Waals surface area contributed by atoms with Crippen LogP contribution >= 0.6 is 46.9 Å². The van der Waals surface area contributed by atoms with Gasteiger partial charge in [0.15, 0.2) is 0 Å². The summed E-state index contributed by atoms with van der Waals surface area (Å²) in [6, 6.07) is 1.60. The lowest BCUT2D eigenvalue weighted by Gasteiger charge is -2.14. The third kappa shape index (κ3) is 4.14. The summed E-state index contributed by atoms with van der Waals surface area (Å²) in [6.07, 6.45) is 3.07. The van der Waals surface area contributed by atoms with Crippen molar-refractivity contribution in [3.63, 3.8) is 0 Å². The maximum absolute atomic E-state index is 11.8. The van der Waals surface area contributed by atoms with Crippen LogP contribution in [-0.4, -0.2) is 25.5 Å². The average molecular weight is 328 g/mol. The number of amides is 1. The summed E-state index contributed by atoms with van der Waals surface area (Å²) in [7, 11) is 0. The molecule has 2 heterocycles. The summed E-state index contributed by atoms with van der Waals surface area (Å²) in [5.41, 5.74) is 1.70. The summed E-state index contributed by atoms with van der Waals surface area (Å²) in [5.74, 6) is -0.169. The van der Waals surface area contributed by atoms with Gasteiger partial charge in [-0.15, -0.1) is 23.7 Å². The fourth-order valence-electron chi connectivity index (χ4n) is 1.61. The standard InChI is InChI=1S/C11H12Cl2N2OS.ClH/c12-9-5-8(10(13)17-9)11(16)15-6-7-1-3-14-4-2-7;/h1,5,14H,2-4,6H2,(H,15,16);1H. The topological polar surface area (TPSA) is 41.1 Å². The lowest BCUT2D eigenvalue weighted by molar-refractivity contribution is 0.0957. The average Bonchev–Trinajstić information content (AvgIpc) is 2.67. The maximum Gasteiger partial charge on any atom is 0.253 e. The van der Waals surface area contributed by atoms with Gasteiger partial charge in [-0.1, -0.05) is 34.9 Å². The molecular weight excluding hydrogens is 315 g/mol. The molecule has 0 bridgehead atoms. The van der Waals surface area contributed by atoms with Crippen LogP contribution in [0.5, 0.6) is 0 Å². The Morgan fingerprint density at radius 2 is 2.28 bits per heavy atom. The zero-order valence-corrected chi connectivity index (χ0v) is 12.6. The Labute approximate surface area is 126 Å². The van der Waals surface area contributed by atoms with Gasteiger partial charge in [0.05, 0.1) is 9.90 Å². The zero-order chi connectivity index (χ0) is 12.3. The van der Waals surface area contributed by atoms with E-state index in [0.29, 0.717) is 20.8 Å². The molecule has 0 aromatic carbocycles. The molecule has 1 amide bonds. The molecule has 0 unspecified atom stereocenters. The van der Waals surface area contributed by atoms with Gasteiger partial charge in [-0.05, 0) is 19.0 Å². The summed E-state index contributed by atoms with van der Waals surface area (Å²) >= 11 is 12.9. The largest absolute Gasteiger partial charge is 0.348 e. The van der Waals surface area contributed by atoms with Gasteiger partial charge in [0, 0.05) is 13.1 Å². The minimum atomic E-state index is -0.169. The number of nitrogens with one attached hydrogen (secondary N) is 2. The molecule has 0 spiro atoms. The van der Waals surface area contributed by atoms with E-state index in [2.05, 4.69) is 16.7 Å². The van der Waals surface area contributed by atoms with Crippen molar-refractivity contribution in [2.45, 2.75) is 6.42 Å². The van der Waals surface area contributed by atoms with Crippen molar-refractivity contribution in [2.75, 3.05) is 19.6 Å². The number of hydrogen-bond acceptors (Lipinski definition) is 3. The van der Waals surface area contributed by atoms with E-state index in [4.69, 9.17) is 23.2 Å². The van der Waals surface area contributed by atoms with Crippen LogP contribution in [0.2, 0.25) is 8.67 Å². The predicted molar refractivity (Wildman–Crippen MR) is 79.5 cm³/mol. The van der Waals surface area contributed by atoms with Crippen LogP contribution in [0.25, 0.3) is 0 Å². The third-order valence-electron chi connectivity index (χ3n) is 2.54. The van der Waals surface area contributed by atoms with Crippen molar-refractivity contribution < 1.29 is 4.79 Å². The van der Waals surface area contributed by atoms with Crippen LogP contribution in [0.15, 0.2) is 17.7 Å². The molecule has 1 aromatic heterocycles. The molecule has 18 heavy (non-hydrogen) atoms. The Balaban J connectivity index is 0.00000162. The number of rotatable bonds is 3. The first-order chi connectivity index (χ1) is 8.16. The van der Waals surface area contributed by atoms with Crippen LogP contribution < -0.4 is 10.6 Å². The summed E-state index contributed by atoms with van der Waals surface area (Å²) in [6.45, 7) is 2.41. The molecule has 1 aromatic rings. The highest BCUT2D eigenvalue weighted by molar-refractivity contribution is 7.20.